The van der Waals surface area contributed by atoms with Crippen LogP contribution in [0.1, 0.15) is 24.7 Å². The van der Waals surface area contributed by atoms with Gasteiger partial charge in [0.05, 0.1) is 12.2 Å². The van der Waals surface area contributed by atoms with Crippen molar-refractivity contribution >= 4 is 0 Å². The van der Waals surface area contributed by atoms with Crippen molar-refractivity contribution in [1.29, 1.82) is 0 Å². The minimum Gasteiger partial charge on any atom is -1.00 e. The van der Waals surface area contributed by atoms with Crippen molar-refractivity contribution in [3.8, 4) is 0 Å². The average molecular weight is 189 g/mol. The highest BCUT2D eigenvalue weighted by atomic mass is 35.5. The van der Waals surface area contributed by atoms with Gasteiger partial charge in [0.1, 0.15) is 0 Å². The zero-order valence-corrected chi connectivity index (χ0v) is 9.02. The highest BCUT2D eigenvalue weighted by molar-refractivity contribution is 5.01. The summed E-state index contributed by atoms with van der Waals surface area (Å²) in [7, 11) is 2.11. The summed E-state index contributed by atoms with van der Waals surface area (Å²) in [5.74, 6) is 0. The van der Waals surface area contributed by atoms with E-state index < -0.39 is 0 Å². The maximum absolute atomic E-state index is 2.30. The Bertz CT molecular complexity index is 253. The molecule has 0 aliphatic heterocycles. The summed E-state index contributed by atoms with van der Waals surface area (Å²) in [5.41, 5.74) is 2.68. The minimum absolute atomic E-state index is 0. The molecule has 0 aromatic carbocycles. The molecule has 2 nitrogen and oxygen atoms in total. The van der Waals surface area contributed by atoms with Crippen LogP contribution in [0.25, 0.3) is 0 Å². The lowest BCUT2D eigenvalue weighted by Gasteiger charge is -1.99. The average Bonchev–Trinajstić information content (AvgIpc) is 2.17. The van der Waals surface area contributed by atoms with Gasteiger partial charge in [-0.3, -0.25) is 0 Å². The van der Waals surface area contributed by atoms with E-state index in [0.717, 1.165) is 6.54 Å². The van der Waals surface area contributed by atoms with E-state index >= 15 is 0 Å². The molecule has 0 saturated carbocycles. The fourth-order valence-corrected chi connectivity index (χ4v) is 1.44. The quantitative estimate of drug-likeness (QED) is 0.492. The molecule has 0 aliphatic rings. The Kier molecular flexibility index (Phi) is 4.32. The van der Waals surface area contributed by atoms with Crippen LogP contribution in [0.4, 0.5) is 0 Å². The summed E-state index contributed by atoms with van der Waals surface area (Å²) in [5, 5.41) is 0. The maximum Gasteiger partial charge on any atom is 0.204 e. The molecule has 0 radical (unpaired) electrons. The van der Waals surface area contributed by atoms with E-state index in [9.17, 15) is 0 Å². The molecule has 0 aliphatic carbocycles. The summed E-state index contributed by atoms with van der Waals surface area (Å²) in [6, 6.07) is 2.22. The first-order valence-corrected chi connectivity index (χ1v) is 4.20. The summed E-state index contributed by atoms with van der Waals surface area (Å²) in [6.07, 6.45) is 1.20. The molecule has 0 spiro atoms. The van der Waals surface area contributed by atoms with Crippen LogP contribution in [0.15, 0.2) is 6.07 Å². The third-order valence-corrected chi connectivity index (χ3v) is 2.13. The number of hydrogen-bond acceptors (Lipinski definition) is 0. The number of rotatable bonds is 2. The third kappa shape index (κ3) is 2.01. The second-order valence-electron chi connectivity index (χ2n) is 3.07. The molecule has 0 N–H and O–H groups in total. The molecule has 1 aromatic heterocycles. The highest BCUT2D eigenvalue weighted by Gasteiger charge is 2.10. The largest absolute Gasteiger partial charge is 1.00 e. The summed E-state index contributed by atoms with van der Waals surface area (Å²) < 4.78 is 4.51. The number of aromatic nitrogens is 2. The molecule has 1 heterocycles. The van der Waals surface area contributed by atoms with Crippen LogP contribution in [-0.2, 0) is 13.6 Å². The summed E-state index contributed by atoms with van der Waals surface area (Å²) >= 11 is 0. The lowest BCUT2D eigenvalue weighted by Crippen LogP contribution is -3.00. The van der Waals surface area contributed by atoms with Crippen LogP contribution in [0.2, 0.25) is 0 Å². The van der Waals surface area contributed by atoms with Gasteiger partial charge < -0.3 is 12.4 Å². The molecule has 1 rings (SSSR count). The Labute approximate surface area is 80.6 Å². The van der Waals surface area contributed by atoms with Gasteiger partial charge in [-0.2, -0.15) is 4.68 Å². The monoisotopic (exact) mass is 188 g/mol. The van der Waals surface area contributed by atoms with E-state index in [1.807, 2.05) is 0 Å². The van der Waals surface area contributed by atoms with E-state index in [1.54, 1.807) is 0 Å². The van der Waals surface area contributed by atoms with Gasteiger partial charge >= 0.3 is 0 Å². The first-order valence-electron chi connectivity index (χ1n) is 4.20. The Hall–Kier alpha value is -0.500. The second kappa shape index (κ2) is 4.51. The molecular weight excluding hydrogens is 172 g/mol. The topological polar surface area (TPSA) is 8.81 Å². The van der Waals surface area contributed by atoms with E-state index in [0.29, 0.717) is 0 Å². The van der Waals surface area contributed by atoms with Gasteiger partial charge in [-0.15, -0.1) is 4.68 Å². The van der Waals surface area contributed by atoms with Crippen molar-refractivity contribution in [1.82, 2.24) is 4.68 Å². The zero-order chi connectivity index (χ0) is 8.43. The molecule has 0 unspecified atom stereocenters. The van der Waals surface area contributed by atoms with Gasteiger partial charge in [-0.25, -0.2) is 0 Å². The molecule has 0 saturated heterocycles. The fraction of sp³-hybridized carbons (Fsp3) is 0.667. The molecule has 3 heteroatoms. The highest BCUT2D eigenvalue weighted by Crippen LogP contribution is 1.99. The van der Waals surface area contributed by atoms with Crippen LogP contribution in [0.3, 0.4) is 0 Å². The number of halogens is 1. The second-order valence-corrected chi connectivity index (χ2v) is 3.07. The van der Waals surface area contributed by atoms with Crippen LogP contribution in [0.5, 0.6) is 0 Å². The fourth-order valence-electron chi connectivity index (χ4n) is 1.44. The van der Waals surface area contributed by atoms with Gasteiger partial charge in [-0.05, 0) is 13.3 Å². The summed E-state index contributed by atoms with van der Waals surface area (Å²) in [4.78, 5) is 0. The number of nitrogens with zero attached hydrogens (tertiary/aromatic N) is 2. The van der Waals surface area contributed by atoms with E-state index in [1.165, 1.54) is 17.8 Å². The Morgan fingerprint density at radius 3 is 2.33 bits per heavy atom. The number of aryl methyl sites for hydroxylation is 2. The SMILES string of the molecule is CCCn1c(C)cc(C)[n+]1C.[Cl-]. The number of hydrogen-bond donors (Lipinski definition) is 0. The lowest BCUT2D eigenvalue weighted by molar-refractivity contribution is -0.759. The van der Waals surface area contributed by atoms with Crippen molar-refractivity contribution < 1.29 is 17.1 Å². The standard InChI is InChI=1S/C9H17N2.ClH/c1-5-6-11-9(3)7-8(2)10(11)4;/h7H,5-6H2,1-4H3;1H/q+1;/p-1. The first kappa shape index (κ1) is 11.5. The molecule has 70 valence electrons. The predicted octanol–water partition coefficient (Wildman–Crippen LogP) is -1.66. The molecule has 0 amide bonds. The summed E-state index contributed by atoms with van der Waals surface area (Å²) in [6.45, 7) is 7.62. The van der Waals surface area contributed by atoms with Crippen LogP contribution >= 0.6 is 0 Å². The molecule has 12 heavy (non-hydrogen) atoms. The molecular formula is C9H17ClN2. The maximum atomic E-state index is 2.30. The third-order valence-electron chi connectivity index (χ3n) is 2.13. The normalized spacial score (nSPS) is 9.67. The Morgan fingerprint density at radius 1 is 1.42 bits per heavy atom. The van der Waals surface area contributed by atoms with Crippen LogP contribution in [-0.4, -0.2) is 4.68 Å². The van der Waals surface area contributed by atoms with Crippen molar-refractivity contribution in [2.75, 3.05) is 0 Å². The Balaban J connectivity index is 0.00000121. The van der Waals surface area contributed by atoms with E-state index in [-0.39, 0.29) is 12.4 Å². The van der Waals surface area contributed by atoms with Crippen molar-refractivity contribution in [2.24, 2.45) is 7.05 Å². The van der Waals surface area contributed by atoms with Gasteiger partial charge in [0.15, 0.2) is 7.05 Å². The van der Waals surface area contributed by atoms with E-state index in [2.05, 4.69) is 43.2 Å². The predicted molar refractivity (Wildman–Crippen MR) is 45.4 cm³/mol. The smallest absolute Gasteiger partial charge is 0.204 e. The van der Waals surface area contributed by atoms with Gasteiger partial charge in [0, 0.05) is 13.0 Å². The van der Waals surface area contributed by atoms with Crippen LogP contribution < -0.4 is 17.1 Å². The van der Waals surface area contributed by atoms with Crippen molar-refractivity contribution in [3.63, 3.8) is 0 Å². The minimum atomic E-state index is 0. The molecule has 0 atom stereocenters. The van der Waals surface area contributed by atoms with Gasteiger partial charge in [0.25, 0.3) is 0 Å². The zero-order valence-electron chi connectivity index (χ0n) is 8.26. The molecule has 0 fully saturated rings. The van der Waals surface area contributed by atoms with Crippen molar-refractivity contribution in [2.45, 2.75) is 33.7 Å². The van der Waals surface area contributed by atoms with Crippen LogP contribution in [0, 0.1) is 13.8 Å². The van der Waals surface area contributed by atoms with Gasteiger partial charge in [-0.1, -0.05) is 6.92 Å². The Morgan fingerprint density at radius 2 is 2.00 bits per heavy atom. The molecule has 1 aromatic rings. The van der Waals surface area contributed by atoms with Crippen molar-refractivity contribution in [3.05, 3.63) is 17.5 Å². The molecule has 0 bridgehead atoms. The van der Waals surface area contributed by atoms with Gasteiger partial charge in [0.2, 0.25) is 5.69 Å². The lowest BCUT2D eigenvalue weighted by atomic mass is 10.4. The van der Waals surface area contributed by atoms with E-state index in [4.69, 9.17) is 0 Å². The first-order chi connectivity index (χ1) is 5.16.